The number of halogens is 1. The highest BCUT2D eigenvalue weighted by Gasteiger charge is 2.24. The quantitative estimate of drug-likeness (QED) is 0.790. The van der Waals surface area contributed by atoms with Crippen molar-refractivity contribution >= 4 is 28.4 Å². The topological polar surface area (TPSA) is 64.4 Å². The number of ether oxygens (including phenoxy) is 1. The summed E-state index contributed by atoms with van der Waals surface area (Å²) in [5, 5.41) is 4.99. The van der Waals surface area contributed by atoms with Gasteiger partial charge in [0.1, 0.15) is 0 Å². The summed E-state index contributed by atoms with van der Waals surface area (Å²) in [5.41, 5.74) is 0.180. The summed E-state index contributed by atoms with van der Waals surface area (Å²) >= 11 is 5.94. The SMILES string of the molecule is Cn1nc(C(=O)N2CCOCC2)c(=O)c2cc(Cl)ccc21. The van der Waals surface area contributed by atoms with Crippen LogP contribution in [0, 0.1) is 0 Å². The lowest BCUT2D eigenvalue weighted by Crippen LogP contribution is -2.43. The van der Waals surface area contributed by atoms with Crippen molar-refractivity contribution in [3.8, 4) is 0 Å². The minimum Gasteiger partial charge on any atom is -0.378 e. The number of hydrogen-bond donors (Lipinski definition) is 0. The molecule has 0 spiro atoms. The summed E-state index contributed by atoms with van der Waals surface area (Å²) in [6.07, 6.45) is 0. The van der Waals surface area contributed by atoms with Crippen LogP contribution in [-0.2, 0) is 11.8 Å². The zero-order chi connectivity index (χ0) is 15.0. The standard InChI is InChI=1S/C14H14ClN3O3/c1-17-11-3-2-9(15)8-10(11)13(19)12(16-17)14(20)18-4-6-21-7-5-18/h2-3,8H,4-7H2,1H3. The smallest absolute Gasteiger partial charge is 0.278 e. The fourth-order valence-corrected chi connectivity index (χ4v) is 2.58. The van der Waals surface area contributed by atoms with Crippen LogP contribution >= 0.6 is 11.6 Å². The first-order chi connectivity index (χ1) is 10.1. The number of morpholine rings is 1. The Kier molecular flexibility index (Phi) is 3.65. The molecule has 1 saturated heterocycles. The van der Waals surface area contributed by atoms with Gasteiger partial charge in [-0.3, -0.25) is 14.3 Å². The second kappa shape index (κ2) is 5.46. The van der Waals surface area contributed by atoms with Crippen molar-refractivity contribution in [2.24, 2.45) is 7.05 Å². The van der Waals surface area contributed by atoms with Crippen molar-refractivity contribution in [2.75, 3.05) is 26.3 Å². The number of benzene rings is 1. The van der Waals surface area contributed by atoms with Gasteiger partial charge in [-0.05, 0) is 18.2 Å². The highest BCUT2D eigenvalue weighted by Crippen LogP contribution is 2.16. The van der Waals surface area contributed by atoms with E-state index in [9.17, 15) is 9.59 Å². The summed E-state index contributed by atoms with van der Waals surface area (Å²) in [7, 11) is 1.70. The summed E-state index contributed by atoms with van der Waals surface area (Å²) in [5.74, 6) is -0.360. The van der Waals surface area contributed by atoms with E-state index in [1.165, 1.54) is 4.68 Å². The maximum absolute atomic E-state index is 12.5. The second-order valence-electron chi connectivity index (χ2n) is 4.87. The van der Waals surface area contributed by atoms with Gasteiger partial charge in [0.15, 0.2) is 5.69 Å². The van der Waals surface area contributed by atoms with E-state index < -0.39 is 0 Å². The number of aryl methyl sites for hydroxylation is 1. The largest absolute Gasteiger partial charge is 0.378 e. The van der Waals surface area contributed by atoms with Crippen LogP contribution < -0.4 is 5.43 Å². The zero-order valence-corrected chi connectivity index (χ0v) is 12.3. The van der Waals surface area contributed by atoms with Crippen LogP contribution in [0.1, 0.15) is 10.5 Å². The van der Waals surface area contributed by atoms with Gasteiger partial charge in [-0.25, -0.2) is 0 Å². The number of aromatic nitrogens is 2. The maximum atomic E-state index is 12.5. The molecule has 1 aromatic carbocycles. The fourth-order valence-electron chi connectivity index (χ4n) is 2.41. The Bertz CT molecular complexity index is 766. The average Bonchev–Trinajstić information content (AvgIpc) is 2.51. The lowest BCUT2D eigenvalue weighted by atomic mass is 10.2. The van der Waals surface area contributed by atoms with E-state index >= 15 is 0 Å². The molecular weight excluding hydrogens is 294 g/mol. The van der Waals surface area contributed by atoms with Crippen LogP contribution in [0.15, 0.2) is 23.0 Å². The van der Waals surface area contributed by atoms with Crippen molar-refractivity contribution in [3.63, 3.8) is 0 Å². The monoisotopic (exact) mass is 307 g/mol. The number of amides is 1. The third kappa shape index (κ3) is 2.52. The Hall–Kier alpha value is -1.92. The highest BCUT2D eigenvalue weighted by atomic mass is 35.5. The molecule has 2 heterocycles. The van der Waals surface area contributed by atoms with Gasteiger partial charge in [0, 0.05) is 25.2 Å². The molecule has 0 bridgehead atoms. The Labute approximate surface area is 125 Å². The molecule has 110 valence electrons. The van der Waals surface area contributed by atoms with Crippen LogP contribution in [0.4, 0.5) is 0 Å². The van der Waals surface area contributed by atoms with Crippen LogP contribution in [0.25, 0.3) is 10.9 Å². The molecule has 1 amide bonds. The molecule has 21 heavy (non-hydrogen) atoms. The number of hydrogen-bond acceptors (Lipinski definition) is 4. The van der Waals surface area contributed by atoms with E-state index in [2.05, 4.69) is 5.10 Å². The Morgan fingerprint density at radius 3 is 2.76 bits per heavy atom. The molecule has 0 radical (unpaired) electrons. The van der Waals surface area contributed by atoms with E-state index in [-0.39, 0.29) is 17.0 Å². The summed E-state index contributed by atoms with van der Waals surface area (Å²) in [6.45, 7) is 1.89. The summed E-state index contributed by atoms with van der Waals surface area (Å²) < 4.78 is 6.74. The first-order valence-electron chi connectivity index (χ1n) is 6.61. The van der Waals surface area contributed by atoms with Gasteiger partial charge in [-0.1, -0.05) is 11.6 Å². The van der Waals surface area contributed by atoms with Gasteiger partial charge in [0.25, 0.3) is 5.91 Å². The fraction of sp³-hybridized carbons (Fsp3) is 0.357. The molecule has 0 saturated carbocycles. The van der Waals surface area contributed by atoms with Crippen LogP contribution in [-0.4, -0.2) is 46.9 Å². The minimum atomic E-state index is -0.387. The van der Waals surface area contributed by atoms with Gasteiger partial charge in [-0.15, -0.1) is 0 Å². The normalized spacial score (nSPS) is 15.4. The second-order valence-corrected chi connectivity index (χ2v) is 5.30. The van der Waals surface area contributed by atoms with Gasteiger partial charge in [0.2, 0.25) is 5.43 Å². The summed E-state index contributed by atoms with van der Waals surface area (Å²) in [6, 6.07) is 4.97. The van der Waals surface area contributed by atoms with E-state index in [4.69, 9.17) is 16.3 Å². The number of fused-ring (bicyclic) bond motifs is 1. The predicted octanol–water partition coefficient (Wildman–Crippen LogP) is 1.06. The first-order valence-corrected chi connectivity index (χ1v) is 6.99. The molecule has 0 aliphatic carbocycles. The lowest BCUT2D eigenvalue weighted by Gasteiger charge is -2.26. The first kappa shape index (κ1) is 14.0. The minimum absolute atomic E-state index is 0.0748. The van der Waals surface area contributed by atoms with Crippen molar-refractivity contribution in [2.45, 2.75) is 0 Å². The third-order valence-corrected chi connectivity index (χ3v) is 3.75. The van der Waals surface area contributed by atoms with Crippen LogP contribution in [0.3, 0.4) is 0 Å². The van der Waals surface area contributed by atoms with Crippen molar-refractivity contribution in [1.29, 1.82) is 0 Å². The molecule has 7 heteroatoms. The van der Waals surface area contributed by atoms with Gasteiger partial charge >= 0.3 is 0 Å². The number of carbonyl (C=O) groups excluding carboxylic acids is 1. The molecule has 0 N–H and O–H groups in total. The van der Waals surface area contributed by atoms with Crippen LogP contribution in [0.2, 0.25) is 5.02 Å². The van der Waals surface area contributed by atoms with Crippen molar-refractivity contribution in [3.05, 3.63) is 39.1 Å². The van der Waals surface area contributed by atoms with E-state index in [0.29, 0.717) is 42.2 Å². The number of nitrogens with zero attached hydrogens (tertiary/aromatic N) is 3. The Morgan fingerprint density at radius 1 is 1.33 bits per heavy atom. The Morgan fingerprint density at radius 2 is 2.05 bits per heavy atom. The average molecular weight is 308 g/mol. The molecule has 6 nitrogen and oxygen atoms in total. The molecule has 0 unspecified atom stereocenters. The number of carbonyl (C=O) groups is 1. The van der Waals surface area contributed by atoms with E-state index in [0.717, 1.165) is 0 Å². The molecule has 1 fully saturated rings. The van der Waals surface area contributed by atoms with Crippen molar-refractivity contribution in [1.82, 2.24) is 14.7 Å². The lowest BCUT2D eigenvalue weighted by molar-refractivity contribution is 0.0297. The van der Waals surface area contributed by atoms with Crippen LogP contribution in [0.5, 0.6) is 0 Å². The molecule has 1 aromatic heterocycles. The van der Waals surface area contributed by atoms with Gasteiger partial charge in [-0.2, -0.15) is 5.10 Å². The molecule has 3 rings (SSSR count). The zero-order valence-electron chi connectivity index (χ0n) is 11.5. The molecule has 1 aliphatic rings. The Balaban J connectivity index is 2.12. The van der Waals surface area contributed by atoms with Crippen molar-refractivity contribution < 1.29 is 9.53 Å². The third-order valence-electron chi connectivity index (χ3n) is 3.52. The van der Waals surface area contributed by atoms with E-state index in [1.807, 2.05) is 0 Å². The van der Waals surface area contributed by atoms with Gasteiger partial charge < -0.3 is 9.64 Å². The maximum Gasteiger partial charge on any atom is 0.278 e. The molecular formula is C14H14ClN3O3. The number of rotatable bonds is 1. The molecule has 1 aliphatic heterocycles. The predicted molar refractivity (Wildman–Crippen MR) is 78.7 cm³/mol. The van der Waals surface area contributed by atoms with E-state index in [1.54, 1.807) is 30.1 Å². The van der Waals surface area contributed by atoms with Gasteiger partial charge in [0.05, 0.1) is 24.1 Å². The molecule has 0 atom stereocenters. The summed E-state index contributed by atoms with van der Waals surface area (Å²) in [4.78, 5) is 26.6. The highest BCUT2D eigenvalue weighted by molar-refractivity contribution is 6.31. The molecule has 2 aromatic rings.